The van der Waals surface area contributed by atoms with Gasteiger partial charge in [-0.3, -0.25) is 9.59 Å². The van der Waals surface area contributed by atoms with Gasteiger partial charge in [0.15, 0.2) is 0 Å². The third-order valence-electron chi connectivity index (χ3n) is 6.47. The van der Waals surface area contributed by atoms with E-state index in [4.69, 9.17) is 14.2 Å². The quantitative estimate of drug-likeness (QED) is 0.0797. The molecule has 0 spiro atoms. The van der Waals surface area contributed by atoms with Crippen LogP contribution in [0.4, 0.5) is 0 Å². The molecule has 5 nitrogen and oxygen atoms in total. The Balaban J connectivity index is 3.22. The zero-order chi connectivity index (χ0) is 25.7. The Morgan fingerprint density at radius 2 is 0.800 bits per heavy atom. The zero-order valence-electron chi connectivity index (χ0n) is 23.4. The van der Waals surface area contributed by atoms with Crippen LogP contribution in [0, 0.1) is 0 Å². The molecule has 0 radical (unpaired) electrons. The van der Waals surface area contributed by atoms with E-state index in [1.54, 1.807) is 0 Å². The molecule has 0 bridgehead atoms. The average molecular weight is 499 g/mol. The van der Waals surface area contributed by atoms with Crippen LogP contribution in [0.2, 0.25) is 0 Å². The maximum Gasteiger partial charge on any atom is 0.305 e. The predicted molar refractivity (Wildman–Crippen MR) is 146 cm³/mol. The number of rotatable bonds is 28. The Hall–Kier alpha value is -1.10. The maximum atomic E-state index is 11.8. The molecule has 0 aliphatic heterocycles. The molecule has 0 atom stereocenters. The fourth-order valence-corrected chi connectivity index (χ4v) is 4.23. The topological polar surface area (TPSA) is 61.8 Å². The van der Waals surface area contributed by atoms with Crippen LogP contribution >= 0.6 is 0 Å². The molecule has 35 heavy (non-hydrogen) atoms. The van der Waals surface area contributed by atoms with Gasteiger partial charge in [0.05, 0.1) is 13.2 Å². The number of ether oxygens (including phenoxy) is 3. The third kappa shape index (κ3) is 29.0. The van der Waals surface area contributed by atoms with E-state index in [1.165, 1.54) is 83.5 Å². The van der Waals surface area contributed by atoms with Gasteiger partial charge in [-0.05, 0) is 26.2 Å². The lowest BCUT2D eigenvalue weighted by Crippen LogP contribution is -2.10. The van der Waals surface area contributed by atoms with Gasteiger partial charge in [-0.15, -0.1) is 0 Å². The summed E-state index contributed by atoms with van der Waals surface area (Å²) in [6, 6.07) is 0. The molecule has 0 aromatic carbocycles. The monoisotopic (exact) mass is 498 g/mol. The van der Waals surface area contributed by atoms with Crippen LogP contribution in [0.3, 0.4) is 0 Å². The van der Waals surface area contributed by atoms with Crippen molar-refractivity contribution in [1.82, 2.24) is 0 Å². The molecule has 0 fully saturated rings. The Morgan fingerprint density at radius 1 is 0.429 bits per heavy atom. The predicted octanol–water partition coefficient (Wildman–Crippen LogP) is 8.71. The second-order valence-corrected chi connectivity index (χ2v) is 9.86. The van der Waals surface area contributed by atoms with E-state index in [9.17, 15) is 9.59 Å². The summed E-state index contributed by atoms with van der Waals surface area (Å²) in [7, 11) is 0. The van der Waals surface area contributed by atoms with Crippen LogP contribution in [0.15, 0.2) is 0 Å². The fraction of sp³-hybridized carbons (Fsp3) is 0.933. The van der Waals surface area contributed by atoms with Crippen molar-refractivity contribution in [2.75, 3.05) is 26.4 Å². The molecule has 0 aromatic heterocycles. The van der Waals surface area contributed by atoms with Gasteiger partial charge in [-0.1, -0.05) is 116 Å². The molecule has 0 aliphatic carbocycles. The number of unbranched alkanes of at least 4 members (excludes halogenated alkanes) is 18. The van der Waals surface area contributed by atoms with E-state index in [0.29, 0.717) is 39.3 Å². The van der Waals surface area contributed by atoms with Gasteiger partial charge in [0, 0.05) is 19.4 Å². The number of hydrogen-bond acceptors (Lipinski definition) is 5. The van der Waals surface area contributed by atoms with Gasteiger partial charge in [-0.25, -0.2) is 0 Å². The molecule has 0 N–H and O–H groups in total. The summed E-state index contributed by atoms with van der Waals surface area (Å²) in [6.45, 7) is 6.25. The molecular formula is C30H58O5. The molecule has 0 saturated heterocycles. The highest BCUT2D eigenvalue weighted by molar-refractivity contribution is 5.69. The minimum Gasteiger partial charge on any atom is -0.466 e. The van der Waals surface area contributed by atoms with Crippen LogP contribution in [0.5, 0.6) is 0 Å². The lowest BCUT2D eigenvalue weighted by Gasteiger charge is -2.06. The average Bonchev–Trinajstić information content (AvgIpc) is 2.85. The molecule has 0 rings (SSSR count). The standard InChI is InChI=1S/C30H58O5/c1-3-5-6-7-8-9-10-11-12-13-14-17-20-23-26-34-29(31)24-21-18-15-16-19-22-25-30(32)35-28-27-33-4-2/h3-28H2,1-2H3. The maximum absolute atomic E-state index is 11.8. The normalized spacial score (nSPS) is 11.0. The summed E-state index contributed by atoms with van der Waals surface area (Å²) in [5.74, 6) is -0.180. The SMILES string of the molecule is CCCCCCCCCCCCCCCCOC(=O)CCCCCCCCC(=O)OCCOCC. The van der Waals surface area contributed by atoms with Gasteiger partial charge >= 0.3 is 11.9 Å². The summed E-state index contributed by atoms with van der Waals surface area (Å²) in [5, 5.41) is 0. The minimum absolute atomic E-state index is 0.0468. The lowest BCUT2D eigenvalue weighted by molar-refractivity contribution is -0.145. The van der Waals surface area contributed by atoms with Gasteiger partial charge in [-0.2, -0.15) is 0 Å². The van der Waals surface area contributed by atoms with Crippen molar-refractivity contribution < 1.29 is 23.8 Å². The summed E-state index contributed by atoms with van der Waals surface area (Å²) in [6.07, 6.45) is 25.8. The highest BCUT2D eigenvalue weighted by atomic mass is 16.6. The zero-order valence-corrected chi connectivity index (χ0v) is 23.4. The Kier molecular flexibility index (Phi) is 28.2. The van der Waals surface area contributed by atoms with Gasteiger partial charge < -0.3 is 14.2 Å². The first-order chi connectivity index (χ1) is 17.2. The Bertz CT molecular complexity index is 452. The Labute approximate surface area is 217 Å². The number of carbonyl (C=O) groups excluding carboxylic acids is 2. The highest BCUT2D eigenvalue weighted by Gasteiger charge is 2.04. The van der Waals surface area contributed by atoms with Gasteiger partial charge in [0.2, 0.25) is 0 Å². The van der Waals surface area contributed by atoms with Crippen molar-refractivity contribution in [1.29, 1.82) is 0 Å². The number of carbonyl (C=O) groups is 2. The lowest BCUT2D eigenvalue weighted by atomic mass is 10.0. The number of hydrogen-bond donors (Lipinski definition) is 0. The fourth-order valence-electron chi connectivity index (χ4n) is 4.23. The summed E-state index contributed by atoms with van der Waals surface area (Å²) in [4.78, 5) is 23.4. The first kappa shape index (κ1) is 33.9. The smallest absolute Gasteiger partial charge is 0.305 e. The van der Waals surface area contributed by atoms with Crippen molar-refractivity contribution in [3.8, 4) is 0 Å². The molecule has 0 heterocycles. The first-order valence-corrected chi connectivity index (χ1v) is 15.1. The molecule has 208 valence electrons. The summed E-state index contributed by atoms with van der Waals surface area (Å²) in [5.41, 5.74) is 0. The van der Waals surface area contributed by atoms with Gasteiger partial charge in [0.1, 0.15) is 6.61 Å². The summed E-state index contributed by atoms with van der Waals surface area (Å²) < 4.78 is 15.6. The Morgan fingerprint density at radius 3 is 1.23 bits per heavy atom. The van der Waals surface area contributed by atoms with Crippen molar-refractivity contribution >= 4 is 11.9 Å². The van der Waals surface area contributed by atoms with E-state index in [1.807, 2.05) is 6.92 Å². The van der Waals surface area contributed by atoms with Crippen LogP contribution in [-0.4, -0.2) is 38.4 Å². The number of esters is 2. The van der Waals surface area contributed by atoms with E-state index < -0.39 is 0 Å². The molecule has 0 aromatic rings. The van der Waals surface area contributed by atoms with Crippen molar-refractivity contribution in [3.63, 3.8) is 0 Å². The molecule has 5 heteroatoms. The van der Waals surface area contributed by atoms with Gasteiger partial charge in [0.25, 0.3) is 0 Å². The second kappa shape index (κ2) is 29.1. The second-order valence-electron chi connectivity index (χ2n) is 9.86. The molecule has 0 unspecified atom stereocenters. The summed E-state index contributed by atoms with van der Waals surface area (Å²) >= 11 is 0. The van der Waals surface area contributed by atoms with Crippen molar-refractivity contribution in [2.45, 2.75) is 155 Å². The first-order valence-electron chi connectivity index (χ1n) is 15.1. The molecule has 0 aliphatic rings. The van der Waals surface area contributed by atoms with Crippen LogP contribution in [0.1, 0.15) is 155 Å². The molecule has 0 saturated carbocycles. The van der Waals surface area contributed by atoms with E-state index in [-0.39, 0.29) is 11.9 Å². The van der Waals surface area contributed by atoms with E-state index in [0.717, 1.165) is 44.9 Å². The third-order valence-corrected chi connectivity index (χ3v) is 6.47. The highest BCUT2D eigenvalue weighted by Crippen LogP contribution is 2.13. The molecular weight excluding hydrogens is 440 g/mol. The minimum atomic E-state index is -0.133. The molecule has 0 amide bonds. The van der Waals surface area contributed by atoms with E-state index >= 15 is 0 Å². The van der Waals surface area contributed by atoms with Crippen LogP contribution < -0.4 is 0 Å². The van der Waals surface area contributed by atoms with E-state index in [2.05, 4.69) is 6.92 Å². The van der Waals surface area contributed by atoms with Crippen LogP contribution in [-0.2, 0) is 23.8 Å². The largest absolute Gasteiger partial charge is 0.466 e. The van der Waals surface area contributed by atoms with Crippen molar-refractivity contribution in [3.05, 3.63) is 0 Å². The van der Waals surface area contributed by atoms with Crippen molar-refractivity contribution in [2.24, 2.45) is 0 Å². The van der Waals surface area contributed by atoms with Crippen LogP contribution in [0.25, 0.3) is 0 Å².